The van der Waals surface area contributed by atoms with E-state index in [4.69, 9.17) is 9.97 Å². The Morgan fingerprint density at radius 2 is 1.00 bits per heavy atom. The van der Waals surface area contributed by atoms with E-state index in [1.807, 2.05) is 18.2 Å². The average Bonchev–Trinajstić information content (AvgIpc) is 3.47. The standard InChI is InChI=1S/C46H28N4/c1-2-11-29(12-3-1)30-21-23-33(24-22-30)44-46(48-37-17-7-6-16-36(37)47-44)50-39-19-9-8-18-38(39)49-41-28-26-31-13-4-5-15-34(31)43(41)35-27-25-32-14-10-20-40(50)42(32)45(35)49/h1-28H. The molecule has 0 atom stereocenters. The number of para-hydroxylation sites is 4. The van der Waals surface area contributed by atoms with Crippen molar-refractivity contribution in [2.24, 2.45) is 0 Å². The van der Waals surface area contributed by atoms with Gasteiger partial charge in [0.25, 0.3) is 0 Å². The molecule has 0 aliphatic rings. The molecule has 0 amide bonds. The van der Waals surface area contributed by atoms with E-state index in [0.29, 0.717) is 0 Å². The van der Waals surface area contributed by atoms with Crippen LogP contribution in [0.2, 0.25) is 0 Å². The Morgan fingerprint density at radius 3 is 1.86 bits per heavy atom. The quantitative estimate of drug-likeness (QED) is 0.193. The summed E-state index contributed by atoms with van der Waals surface area (Å²) in [6, 6.07) is 60.6. The molecule has 0 saturated carbocycles. The first-order valence-corrected chi connectivity index (χ1v) is 17.0. The van der Waals surface area contributed by atoms with E-state index in [-0.39, 0.29) is 0 Å². The largest absolute Gasteiger partial charge is 0.306 e. The first-order valence-electron chi connectivity index (χ1n) is 17.0. The second-order valence-electron chi connectivity index (χ2n) is 13.0. The van der Waals surface area contributed by atoms with Gasteiger partial charge in [-0.1, -0.05) is 133 Å². The fourth-order valence-corrected chi connectivity index (χ4v) is 8.05. The molecule has 0 aliphatic carbocycles. The maximum absolute atomic E-state index is 5.45. The van der Waals surface area contributed by atoms with E-state index < -0.39 is 0 Å². The van der Waals surface area contributed by atoms with E-state index in [1.165, 1.54) is 54.5 Å². The summed E-state index contributed by atoms with van der Waals surface area (Å²) in [5.41, 5.74) is 11.6. The summed E-state index contributed by atoms with van der Waals surface area (Å²) in [5, 5.41) is 7.42. The van der Waals surface area contributed by atoms with Crippen LogP contribution in [0, 0.1) is 0 Å². The molecule has 0 spiro atoms. The molecular formula is C46H28N4. The third-order valence-electron chi connectivity index (χ3n) is 10.3. The van der Waals surface area contributed by atoms with Crippen LogP contribution in [0.25, 0.3) is 99.1 Å². The van der Waals surface area contributed by atoms with Crippen LogP contribution in [-0.2, 0) is 0 Å². The summed E-state index contributed by atoms with van der Waals surface area (Å²) in [5.74, 6) is 0.800. The van der Waals surface area contributed by atoms with Gasteiger partial charge in [0.2, 0.25) is 0 Å². The van der Waals surface area contributed by atoms with Crippen molar-refractivity contribution < 1.29 is 0 Å². The molecule has 0 fully saturated rings. The third-order valence-corrected chi connectivity index (χ3v) is 10.3. The lowest BCUT2D eigenvalue weighted by molar-refractivity contribution is 1.07. The number of benzene rings is 8. The Labute approximate surface area is 287 Å². The van der Waals surface area contributed by atoms with Crippen LogP contribution in [-0.4, -0.2) is 18.9 Å². The Hall–Kier alpha value is -6.78. The SMILES string of the molecule is c1ccc(-c2ccc(-c3nc4ccccc4nc3-n3c4cccc5ccc6c7c8ccccc8ccc7n(c7ccccc73)c6c54)cc2)cc1. The lowest BCUT2D eigenvalue weighted by atomic mass is 10.0. The van der Waals surface area contributed by atoms with Crippen LogP contribution < -0.4 is 0 Å². The van der Waals surface area contributed by atoms with Gasteiger partial charge in [0.1, 0.15) is 5.69 Å². The van der Waals surface area contributed by atoms with Crippen LogP contribution in [0.1, 0.15) is 0 Å². The first kappa shape index (κ1) is 27.2. The van der Waals surface area contributed by atoms with E-state index in [1.54, 1.807) is 0 Å². The van der Waals surface area contributed by atoms with Crippen molar-refractivity contribution in [3.8, 4) is 28.2 Å². The molecule has 0 bridgehead atoms. The Kier molecular flexibility index (Phi) is 5.63. The molecule has 0 aliphatic heterocycles. The number of aromatic nitrogens is 4. The van der Waals surface area contributed by atoms with Crippen LogP contribution in [0.15, 0.2) is 170 Å². The minimum atomic E-state index is 0.800. The molecule has 4 heteroatoms. The van der Waals surface area contributed by atoms with Crippen molar-refractivity contribution in [3.63, 3.8) is 0 Å². The van der Waals surface area contributed by atoms with Gasteiger partial charge in [-0.15, -0.1) is 0 Å². The van der Waals surface area contributed by atoms with Gasteiger partial charge in [0.05, 0.1) is 38.6 Å². The smallest absolute Gasteiger partial charge is 0.165 e. The minimum Gasteiger partial charge on any atom is -0.306 e. The minimum absolute atomic E-state index is 0.800. The predicted molar refractivity (Wildman–Crippen MR) is 208 cm³/mol. The summed E-state index contributed by atoms with van der Waals surface area (Å²) in [4.78, 5) is 10.8. The Bertz CT molecular complexity index is 3110. The van der Waals surface area contributed by atoms with Crippen molar-refractivity contribution in [2.75, 3.05) is 0 Å². The fourth-order valence-electron chi connectivity index (χ4n) is 8.05. The van der Waals surface area contributed by atoms with Gasteiger partial charge in [0, 0.05) is 21.7 Å². The predicted octanol–water partition coefficient (Wildman–Crippen LogP) is 11.8. The molecule has 11 aromatic rings. The highest BCUT2D eigenvalue weighted by Gasteiger charge is 2.22. The van der Waals surface area contributed by atoms with Gasteiger partial charge in [-0.25, -0.2) is 9.97 Å². The molecule has 8 aromatic carbocycles. The number of hydrogen-bond donors (Lipinski definition) is 0. The molecule has 3 heterocycles. The van der Waals surface area contributed by atoms with Gasteiger partial charge in [0.15, 0.2) is 5.82 Å². The second-order valence-corrected chi connectivity index (χ2v) is 13.0. The molecule has 4 nitrogen and oxygen atoms in total. The van der Waals surface area contributed by atoms with Crippen LogP contribution >= 0.6 is 0 Å². The average molecular weight is 637 g/mol. The van der Waals surface area contributed by atoms with Crippen molar-refractivity contribution in [2.45, 2.75) is 0 Å². The monoisotopic (exact) mass is 636 g/mol. The van der Waals surface area contributed by atoms with Crippen LogP contribution in [0.4, 0.5) is 0 Å². The third kappa shape index (κ3) is 3.81. The van der Waals surface area contributed by atoms with Crippen molar-refractivity contribution in [1.82, 2.24) is 18.9 Å². The lowest BCUT2D eigenvalue weighted by Crippen LogP contribution is -2.05. The van der Waals surface area contributed by atoms with Crippen LogP contribution in [0.5, 0.6) is 0 Å². The van der Waals surface area contributed by atoms with Gasteiger partial charge in [-0.3, -0.25) is 4.57 Å². The van der Waals surface area contributed by atoms with Gasteiger partial charge in [-0.2, -0.15) is 0 Å². The molecule has 0 saturated heterocycles. The number of fused-ring (bicyclic) bond motifs is 8. The summed E-state index contributed by atoms with van der Waals surface area (Å²) in [6.07, 6.45) is 0. The molecule has 3 aromatic heterocycles. The molecule has 0 unspecified atom stereocenters. The van der Waals surface area contributed by atoms with E-state index in [2.05, 4.69) is 161 Å². The molecule has 11 rings (SSSR count). The molecule has 0 N–H and O–H groups in total. The highest BCUT2D eigenvalue weighted by atomic mass is 15.1. The van der Waals surface area contributed by atoms with Crippen molar-refractivity contribution >= 4 is 70.9 Å². The highest BCUT2D eigenvalue weighted by Crippen LogP contribution is 2.42. The zero-order chi connectivity index (χ0) is 32.8. The summed E-state index contributed by atoms with van der Waals surface area (Å²) in [6.45, 7) is 0. The van der Waals surface area contributed by atoms with E-state index >= 15 is 0 Å². The Morgan fingerprint density at radius 1 is 0.360 bits per heavy atom. The zero-order valence-electron chi connectivity index (χ0n) is 27.0. The number of rotatable bonds is 3. The Balaban J connectivity index is 1.32. The van der Waals surface area contributed by atoms with Crippen molar-refractivity contribution in [1.29, 1.82) is 0 Å². The zero-order valence-corrected chi connectivity index (χ0v) is 27.0. The summed E-state index contributed by atoms with van der Waals surface area (Å²) >= 11 is 0. The molecular weight excluding hydrogens is 609 g/mol. The number of nitrogens with zero attached hydrogens (tertiary/aromatic N) is 4. The lowest BCUT2D eigenvalue weighted by Gasteiger charge is -2.16. The summed E-state index contributed by atoms with van der Waals surface area (Å²) in [7, 11) is 0. The van der Waals surface area contributed by atoms with Gasteiger partial charge in [-0.05, 0) is 63.7 Å². The maximum Gasteiger partial charge on any atom is 0.165 e. The fraction of sp³-hybridized carbons (Fsp3) is 0. The number of hydrogen-bond acceptors (Lipinski definition) is 2. The normalized spacial score (nSPS) is 12.0. The van der Waals surface area contributed by atoms with Crippen LogP contribution in [0.3, 0.4) is 0 Å². The molecule has 232 valence electrons. The van der Waals surface area contributed by atoms with Gasteiger partial charge < -0.3 is 4.40 Å². The van der Waals surface area contributed by atoms with Crippen molar-refractivity contribution in [3.05, 3.63) is 170 Å². The molecule has 0 radical (unpaired) electrons. The summed E-state index contributed by atoms with van der Waals surface area (Å²) < 4.78 is 4.82. The maximum atomic E-state index is 5.45. The topological polar surface area (TPSA) is 35.1 Å². The highest BCUT2D eigenvalue weighted by molar-refractivity contribution is 6.28. The first-order chi connectivity index (χ1) is 24.8. The molecule has 50 heavy (non-hydrogen) atoms. The second kappa shape index (κ2) is 10.4. The van der Waals surface area contributed by atoms with Gasteiger partial charge >= 0.3 is 0 Å². The van der Waals surface area contributed by atoms with E-state index in [9.17, 15) is 0 Å². The van der Waals surface area contributed by atoms with E-state index in [0.717, 1.165) is 44.7 Å².